The van der Waals surface area contributed by atoms with E-state index in [0.29, 0.717) is 22.7 Å². The minimum atomic E-state index is -0.443. The number of halogens is 1. The SMILES string of the molecule is COc1ccc(NC(=O)N/C=C/c2cccc(F)c2)c(OC)c1. The van der Waals surface area contributed by atoms with Crippen molar-refractivity contribution < 1.29 is 18.7 Å². The molecule has 5 nitrogen and oxygen atoms in total. The summed E-state index contributed by atoms with van der Waals surface area (Å²) in [6.45, 7) is 0. The summed E-state index contributed by atoms with van der Waals surface area (Å²) in [5, 5.41) is 5.19. The van der Waals surface area contributed by atoms with Crippen LogP contribution in [0.4, 0.5) is 14.9 Å². The number of ether oxygens (including phenoxy) is 2. The van der Waals surface area contributed by atoms with Crippen molar-refractivity contribution in [2.45, 2.75) is 0 Å². The molecule has 0 saturated heterocycles. The van der Waals surface area contributed by atoms with Crippen LogP contribution in [-0.4, -0.2) is 20.3 Å². The third kappa shape index (κ3) is 4.74. The van der Waals surface area contributed by atoms with Crippen LogP contribution in [0.25, 0.3) is 6.08 Å². The van der Waals surface area contributed by atoms with E-state index in [1.807, 2.05) is 0 Å². The highest BCUT2D eigenvalue weighted by atomic mass is 19.1. The lowest BCUT2D eigenvalue weighted by molar-refractivity contribution is 0.255. The molecule has 0 atom stereocenters. The molecule has 0 aliphatic rings. The van der Waals surface area contributed by atoms with Gasteiger partial charge in [0.25, 0.3) is 0 Å². The predicted molar refractivity (Wildman–Crippen MR) is 87.1 cm³/mol. The number of urea groups is 1. The Balaban J connectivity index is 1.97. The van der Waals surface area contributed by atoms with Gasteiger partial charge in [0.2, 0.25) is 0 Å². The number of nitrogens with one attached hydrogen (secondary N) is 2. The molecule has 0 fully saturated rings. The second kappa shape index (κ2) is 7.84. The molecule has 0 saturated carbocycles. The van der Waals surface area contributed by atoms with Crippen molar-refractivity contribution in [3.8, 4) is 11.5 Å². The Labute approximate surface area is 133 Å². The summed E-state index contributed by atoms with van der Waals surface area (Å²) in [6.07, 6.45) is 3.02. The minimum absolute atomic E-state index is 0.334. The average molecular weight is 316 g/mol. The van der Waals surface area contributed by atoms with Crippen LogP contribution < -0.4 is 20.1 Å². The van der Waals surface area contributed by atoms with E-state index in [1.54, 1.807) is 43.5 Å². The van der Waals surface area contributed by atoms with Gasteiger partial charge in [0.05, 0.1) is 19.9 Å². The van der Waals surface area contributed by atoms with Crippen molar-refractivity contribution in [3.05, 3.63) is 60.0 Å². The summed E-state index contributed by atoms with van der Waals surface area (Å²) in [4.78, 5) is 11.9. The molecule has 2 aromatic rings. The van der Waals surface area contributed by atoms with Gasteiger partial charge in [0.1, 0.15) is 17.3 Å². The largest absolute Gasteiger partial charge is 0.497 e. The van der Waals surface area contributed by atoms with Gasteiger partial charge in [-0.05, 0) is 35.9 Å². The molecule has 0 heterocycles. The highest BCUT2D eigenvalue weighted by Crippen LogP contribution is 2.28. The van der Waals surface area contributed by atoms with Gasteiger partial charge in [0.15, 0.2) is 0 Å². The molecule has 2 rings (SSSR count). The van der Waals surface area contributed by atoms with Gasteiger partial charge in [-0.15, -0.1) is 0 Å². The number of carbonyl (C=O) groups is 1. The van der Waals surface area contributed by atoms with E-state index >= 15 is 0 Å². The van der Waals surface area contributed by atoms with E-state index in [2.05, 4.69) is 10.6 Å². The number of rotatable bonds is 5. The van der Waals surface area contributed by atoms with Gasteiger partial charge < -0.3 is 20.1 Å². The van der Waals surface area contributed by atoms with E-state index < -0.39 is 6.03 Å². The smallest absolute Gasteiger partial charge is 0.323 e. The number of benzene rings is 2. The third-order valence-corrected chi connectivity index (χ3v) is 3.00. The maximum Gasteiger partial charge on any atom is 0.323 e. The van der Waals surface area contributed by atoms with Crippen LogP contribution in [0.5, 0.6) is 11.5 Å². The van der Waals surface area contributed by atoms with Crippen LogP contribution in [-0.2, 0) is 0 Å². The van der Waals surface area contributed by atoms with E-state index in [0.717, 1.165) is 0 Å². The molecule has 0 unspecified atom stereocenters. The zero-order chi connectivity index (χ0) is 16.7. The number of hydrogen-bond donors (Lipinski definition) is 2. The Morgan fingerprint density at radius 2 is 1.96 bits per heavy atom. The molecule has 0 bridgehead atoms. The van der Waals surface area contributed by atoms with Gasteiger partial charge in [-0.1, -0.05) is 12.1 Å². The van der Waals surface area contributed by atoms with Crippen molar-refractivity contribution in [2.75, 3.05) is 19.5 Å². The standard InChI is InChI=1S/C17H17FN2O3/c1-22-14-6-7-15(16(11-14)23-2)20-17(21)19-9-8-12-4-3-5-13(18)10-12/h3-11H,1-2H3,(H2,19,20,21)/b9-8+. The maximum atomic E-state index is 13.0. The van der Waals surface area contributed by atoms with Gasteiger partial charge in [0, 0.05) is 12.3 Å². The van der Waals surface area contributed by atoms with Crippen LogP contribution in [0.15, 0.2) is 48.7 Å². The summed E-state index contributed by atoms with van der Waals surface area (Å²) in [7, 11) is 3.05. The molecule has 23 heavy (non-hydrogen) atoms. The third-order valence-electron chi connectivity index (χ3n) is 3.00. The van der Waals surface area contributed by atoms with Crippen molar-refractivity contribution >= 4 is 17.8 Å². The second-order valence-electron chi connectivity index (χ2n) is 4.55. The topological polar surface area (TPSA) is 59.6 Å². The molecular formula is C17H17FN2O3. The van der Waals surface area contributed by atoms with E-state index in [4.69, 9.17) is 9.47 Å². The Hall–Kier alpha value is -3.02. The Bertz CT molecular complexity index is 717. The fraction of sp³-hybridized carbons (Fsp3) is 0.118. The Morgan fingerprint density at radius 1 is 1.13 bits per heavy atom. The molecule has 2 N–H and O–H groups in total. The Kier molecular flexibility index (Phi) is 5.57. The first-order chi connectivity index (χ1) is 11.1. The van der Waals surface area contributed by atoms with Crippen LogP contribution in [0.3, 0.4) is 0 Å². The van der Waals surface area contributed by atoms with Crippen LogP contribution >= 0.6 is 0 Å². The summed E-state index contributed by atoms with van der Waals surface area (Å²) >= 11 is 0. The number of amides is 2. The highest BCUT2D eigenvalue weighted by Gasteiger charge is 2.07. The summed E-state index contributed by atoms with van der Waals surface area (Å²) in [6, 6.07) is 10.6. The molecule has 0 aliphatic heterocycles. The van der Waals surface area contributed by atoms with Gasteiger partial charge in [-0.3, -0.25) is 0 Å². The molecule has 120 valence electrons. The van der Waals surface area contributed by atoms with Gasteiger partial charge in [-0.25, -0.2) is 9.18 Å². The fourth-order valence-electron chi connectivity index (χ4n) is 1.88. The highest BCUT2D eigenvalue weighted by molar-refractivity contribution is 5.92. The number of anilines is 1. The van der Waals surface area contributed by atoms with Crippen LogP contribution in [0.2, 0.25) is 0 Å². The number of methoxy groups -OCH3 is 2. The van der Waals surface area contributed by atoms with Gasteiger partial charge in [-0.2, -0.15) is 0 Å². The van der Waals surface area contributed by atoms with E-state index in [1.165, 1.54) is 25.4 Å². The van der Waals surface area contributed by atoms with Crippen LogP contribution in [0.1, 0.15) is 5.56 Å². The molecule has 2 aromatic carbocycles. The zero-order valence-corrected chi connectivity index (χ0v) is 12.8. The molecule has 0 radical (unpaired) electrons. The maximum absolute atomic E-state index is 13.0. The molecular weight excluding hydrogens is 299 g/mol. The molecule has 0 spiro atoms. The summed E-state index contributed by atoms with van der Waals surface area (Å²) < 4.78 is 23.3. The average Bonchev–Trinajstić information content (AvgIpc) is 2.55. The zero-order valence-electron chi connectivity index (χ0n) is 12.8. The molecule has 6 heteroatoms. The first kappa shape index (κ1) is 16.4. The molecule has 2 amide bonds. The normalized spacial score (nSPS) is 10.4. The molecule has 0 aliphatic carbocycles. The number of hydrogen-bond acceptors (Lipinski definition) is 3. The van der Waals surface area contributed by atoms with Crippen molar-refractivity contribution in [1.82, 2.24) is 5.32 Å². The monoisotopic (exact) mass is 316 g/mol. The van der Waals surface area contributed by atoms with Crippen LogP contribution in [0, 0.1) is 5.82 Å². The van der Waals surface area contributed by atoms with Crippen molar-refractivity contribution in [2.24, 2.45) is 0 Å². The van der Waals surface area contributed by atoms with Crippen molar-refractivity contribution in [3.63, 3.8) is 0 Å². The fourth-order valence-corrected chi connectivity index (χ4v) is 1.88. The molecule has 0 aromatic heterocycles. The predicted octanol–water partition coefficient (Wildman–Crippen LogP) is 3.64. The minimum Gasteiger partial charge on any atom is -0.497 e. The lowest BCUT2D eigenvalue weighted by Gasteiger charge is -2.11. The quantitative estimate of drug-likeness (QED) is 0.885. The lowest BCUT2D eigenvalue weighted by Crippen LogP contribution is -2.24. The summed E-state index contributed by atoms with van der Waals surface area (Å²) in [5.74, 6) is 0.770. The number of carbonyl (C=O) groups excluding carboxylic acids is 1. The van der Waals surface area contributed by atoms with E-state index in [-0.39, 0.29) is 5.82 Å². The first-order valence-corrected chi connectivity index (χ1v) is 6.84. The van der Waals surface area contributed by atoms with Crippen molar-refractivity contribution in [1.29, 1.82) is 0 Å². The Morgan fingerprint density at radius 3 is 2.65 bits per heavy atom. The van der Waals surface area contributed by atoms with E-state index in [9.17, 15) is 9.18 Å². The lowest BCUT2D eigenvalue weighted by atomic mass is 10.2. The summed E-state index contributed by atoms with van der Waals surface area (Å²) in [5.41, 5.74) is 1.15. The second-order valence-corrected chi connectivity index (χ2v) is 4.55. The first-order valence-electron chi connectivity index (χ1n) is 6.84. The van der Waals surface area contributed by atoms with Gasteiger partial charge >= 0.3 is 6.03 Å².